The molecule has 1 aromatic heterocycles. The van der Waals surface area contributed by atoms with Gasteiger partial charge in [-0.05, 0) is 38.9 Å². The van der Waals surface area contributed by atoms with Gasteiger partial charge in [-0.2, -0.15) is 4.98 Å². The number of nitrogens with zero attached hydrogens (tertiary/aromatic N) is 3. The fraction of sp³-hybridized carbons (Fsp3) is 0.400. The van der Waals surface area contributed by atoms with E-state index in [1.807, 2.05) is 13.1 Å². The Hall–Kier alpha value is -2.94. The summed E-state index contributed by atoms with van der Waals surface area (Å²) in [5.74, 6) is -0.0206. The first-order valence-corrected chi connectivity index (χ1v) is 9.47. The van der Waals surface area contributed by atoms with E-state index in [9.17, 15) is 4.39 Å². The molecule has 1 aromatic carbocycles. The molecule has 0 fully saturated rings. The summed E-state index contributed by atoms with van der Waals surface area (Å²) in [6.07, 6.45) is 3.67. The average Bonchev–Trinajstić information content (AvgIpc) is 3.05. The van der Waals surface area contributed by atoms with E-state index in [2.05, 4.69) is 25.5 Å². The second-order valence-corrected chi connectivity index (χ2v) is 7.11. The second kappa shape index (κ2) is 7.82. The van der Waals surface area contributed by atoms with E-state index in [0.717, 1.165) is 31.5 Å². The number of ether oxygens (including phenoxy) is 2. The van der Waals surface area contributed by atoms with Crippen LogP contribution in [0.3, 0.4) is 0 Å². The van der Waals surface area contributed by atoms with Crippen molar-refractivity contribution in [3.8, 4) is 11.5 Å². The zero-order valence-electron chi connectivity index (χ0n) is 16.6. The minimum atomic E-state index is -0.544. The van der Waals surface area contributed by atoms with Gasteiger partial charge in [-0.25, -0.2) is 13.8 Å². The van der Waals surface area contributed by atoms with Crippen molar-refractivity contribution in [2.45, 2.75) is 19.8 Å². The summed E-state index contributed by atoms with van der Waals surface area (Å²) >= 11 is 0. The van der Waals surface area contributed by atoms with E-state index in [-0.39, 0.29) is 29.9 Å². The van der Waals surface area contributed by atoms with E-state index in [1.165, 1.54) is 13.0 Å². The quantitative estimate of drug-likeness (QED) is 0.807. The van der Waals surface area contributed by atoms with Gasteiger partial charge < -0.3 is 25.0 Å². The lowest BCUT2D eigenvalue weighted by molar-refractivity contribution is 0.173. The van der Waals surface area contributed by atoms with Gasteiger partial charge in [-0.3, -0.25) is 0 Å². The molecule has 0 unspecified atom stereocenters. The number of allylic oxidation sites excluding steroid dienone is 1. The smallest absolute Gasteiger partial charge is 0.231 e. The molecule has 4 rings (SSSR count). The standard InChI is InChI=1S/C20H23F2N5O2/c1-11-16(21)19(23-2)26-20(24-11)25-13-9-14-18(29-10-28-14)15(17(13)22)12-5-4-7-27(3)8-6-12/h6,9H,4-5,7-8,10H2,1-3H3,(H2,23,24,25,26). The summed E-state index contributed by atoms with van der Waals surface area (Å²) in [7, 11) is 3.59. The van der Waals surface area contributed by atoms with Crippen molar-refractivity contribution in [3.63, 3.8) is 0 Å². The van der Waals surface area contributed by atoms with Crippen LogP contribution in [-0.2, 0) is 0 Å². The summed E-state index contributed by atoms with van der Waals surface area (Å²) in [5.41, 5.74) is 1.58. The Bertz CT molecular complexity index is 980. The fourth-order valence-corrected chi connectivity index (χ4v) is 3.52. The molecular formula is C20H23F2N5O2. The van der Waals surface area contributed by atoms with Crippen LogP contribution in [0.25, 0.3) is 5.57 Å². The molecule has 2 N–H and O–H groups in total. The first kappa shape index (κ1) is 19.4. The monoisotopic (exact) mass is 403 g/mol. The zero-order chi connectivity index (χ0) is 20.5. The Morgan fingerprint density at radius 1 is 1.17 bits per heavy atom. The first-order valence-electron chi connectivity index (χ1n) is 9.47. The highest BCUT2D eigenvalue weighted by molar-refractivity contribution is 5.79. The van der Waals surface area contributed by atoms with Crippen LogP contribution in [-0.4, -0.2) is 48.8 Å². The number of likely N-dealkylation sites (N-methyl/N-ethyl adjacent to an activating group) is 1. The van der Waals surface area contributed by atoms with Gasteiger partial charge >= 0.3 is 0 Å². The predicted molar refractivity (Wildman–Crippen MR) is 107 cm³/mol. The molecule has 7 nitrogen and oxygen atoms in total. The molecule has 2 aliphatic heterocycles. The molecule has 2 aliphatic rings. The maximum absolute atomic E-state index is 15.6. The molecule has 0 saturated heterocycles. The van der Waals surface area contributed by atoms with Gasteiger partial charge in [0.25, 0.3) is 0 Å². The van der Waals surface area contributed by atoms with Gasteiger partial charge in [-0.15, -0.1) is 0 Å². The number of nitrogens with one attached hydrogen (secondary N) is 2. The van der Waals surface area contributed by atoms with Crippen LogP contribution >= 0.6 is 0 Å². The van der Waals surface area contributed by atoms with Crippen molar-refractivity contribution in [1.82, 2.24) is 14.9 Å². The summed E-state index contributed by atoms with van der Waals surface area (Å²) in [4.78, 5) is 10.3. The van der Waals surface area contributed by atoms with E-state index < -0.39 is 11.6 Å². The Morgan fingerprint density at radius 3 is 2.79 bits per heavy atom. The molecule has 0 atom stereocenters. The number of hydrogen-bond acceptors (Lipinski definition) is 7. The summed E-state index contributed by atoms with van der Waals surface area (Å²) in [6.45, 7) is 3.23. The van der Waals surface area contributed by atoms with E-state index in [4.69, 9.17) is 9.47 Å². The Labute approximate surface area is 167 Å². The lowest BCUT2D eigenvalue weighted by Crippen LogP contribution is -2.17. The minimum absolute atomic E-state index is 0.0362. The van der Waals surface area contributed by atoms with Crippen molar-refractivity contribution in [2.75, 3.05) is 44.6 Å². The van der Waals surface area contributed by atoms with Gasteiger partial charge in [0.05, 0.1) is 16.9 Å². The third-order valence-electron chi connectivity index (χ3n) is 5.06. The average molecular weight is 403 g/mol. The molecule has 9 heteroatoms. The predicted octanol–water partition coefficient (Wildman–Crippen LogP) is 3.69. The van der Waals surface area contributed by atoms with Crippen LogP contribution in [0, 0.1) is 18.6 Å². The summed E-state index contributed by atoms with van der Waals surface area (Å²) in [6, 6.07) is 1.52. The van der Waals surface area contributed by atoms with E-state index in [0.29, 0.717) is 17.1 Å². The van der Waals surface area contributed by atoms with Crippen molar-refractivity contribution in [1.29, 1.82) is 0 Å². The topological polar surface area (TPSA) is 71.5 Å². The lowest BCUT2D eigenvalue weighted by Gasteiger charge is -2.15. The Kier molecular flexibility index (Phi) is 5.23. The number of aromatic nitrogens is 2. The van der Waals surface area contributed by atoms with E-state index in [1.54, 1.807) is 7.05 Å². The number of anilines is 3. The third-order valence-corrected chi connectivity index (χ3v) is 5.06. The van der Waals surface area contributed by atoms with Gasteiger partial charge in [-0.1, -0.05) is 6.08 Å². The molecule has 0 spiro atoms. The SMILES string of the molecule is CNc1nc(Nc2cc3c(c(C4=CCN(C)CCC4)c2F)OCO3)nc(C)c1F. The Balaban J connectivity index is 1.77. The molecule has 3 heterocycles. The number of halogens is 2. The van der Waals surface area contributed by atoms with Gasteiger partial charge in [0.15, 0.2) is 29.0 Å². The molecule has 154 valence electrons. The van der Waals surface area contributed by atoms with Crippen LogP contribution in [0.5, 0.6) is 11.5 Å². The zero-order valence-corrected chi connectivity index (χ0v) is 16.6. The molecule has 29 heavy (non-hydrogen) atoms. The number of aryl methyl sites for hydroxylation is 1. The number of hydrogen-bond donors (Lipinski definition) is 2. The number of benzene rings is 1. The molecule has 0 amide bonds. The number of rotatable bonds is 4. The maximum Gasteiger partial charge on any atom is 0.231 e. The highest BCUT2D eigenvalue weighted by Crippen LogP contribution is 2.45. The highest BCUT2D eigenvalue weighted by Gasteiger charge is 2.28. The normalized spacial score (nSPS) is 16.4. The van der Waals surface area contributed by atoms with Crippen LogP contribution in [0.2, 0.25) is 0 Å². The molecular weight excluding hydrogens is 380 g/mol. The summed E-state index contributed by atoms with van der Waals surface area (Å²) in [5, 5.41) is 5.55. The lowest BCUT2D eigenvalue weighted by atomic mass is 9.98. The molecule has 0 aliphatic carbocycles. The van der Waals surface area contributed by atoms with Crippen LogP contribution < -0.4 is 20.1 Å². The van der Waals surface area contributed by atoms with E-state index >= 15 is 4.39 Å². The Morgan fingerprint density at radius 2 is 2.00 bits per heavy atom. The maximum atomic E-state index is 15.6. The molecule has 0 bridgehead atoms. The highest BCUT2D eigenvalue weighted by atomic mass is 19.1. The van der Waals surface area contributed by atoms with Crippen molar-refractivity contribution < 1.29 is 18.3 Å². The minimum Gasteiger partial charge on any atom is -0.453 e. The van der Waals surface area contributed by atoms with Crippen LogP contribution in [0.15, 0.2) is 12.1 Å². The third kappa shape index (κ3) is 3.69. The van der Waals surface area contributed by atoms with Gasteiger partial charge in [0.1, 0.15) is 0 Å². The molecule has 0 radical (unpaired) electrons. The number of fused-ring (bicyclic) bond motifs is 1. The second-order valence-electron chi connectivity index (χ2n) is 7.11. The molecule has 2 aromatic rings. The van der Waals surface area contributed by atoms with Gasteiger partial charge in [0.2, 0.25) is 12.7 Å². The van der Waals surface area contributed by atoms with Gasteiger partial charge in [0, 0.05) is 19.7 Å². The summed E-state index contributed by atoms with van der Waals surface area (Å²) < 4.78 is 40.7. The largest absolute Gasteiger partial charge is 0.453 e. The van der Waals surface area contributed by atoms with Crippen LogP contribution in [0.4, 0.5) is 26.2 Å². The first-order chi connectivity index (χ1) is 14.0. The van der Waals surface area contributed by atoms with Crippen molar-refractivity contribution >= 4 is 23.0 Å². The molecule has 0 saturated carbocycles. The van der Waals surface area contributed by atoms with Crippen LogP contribution in [0.1, 0.15) is 24.1 Å². The van der Waals surface area contributed by atoms with Crippen molar-refractivity contribution in [3.05, 3.63) is 35.0 Å². The fourth-order valence-electron chi connectivity index (χ4n) is 3.52. The van der Waals surface area contributed by atoms with Crippen molar-refractivity contribution in [2.24, 2.45) is 0 Å².